The molecule has 0 radical (unpaired) electrons. The predicted octanol–water partition coefficient (Wildman–Crippen LogP) is 4.22. The Bertz CT molecular complexity index is 1060. The fraction of sp³-hybridized carbons (Fsp3) is 0. The number of anilines is 2. The number of pyridine rings is 1. The average molecular weight is 404 g/mol. The van der Waals surface area contributed by atoms with Crippen molar-refractivity contribution < 1.29 is 23.5 Å². The summed E-state index contributed by atoms with van der Waals surface area (Å²) in [6.07, 6.45) is 1.32. The van der Waals surface area contributed by atoms with Gasteiger partial charge in [-0.05, 0) is 42.5 Å². The summed E-state index contributed by atoms with van der Waals surface area (Å²) in [4.78, 5) is 28.8. The van der Waals surface area contributed by atoms with Crippen LogP contribution in [0, 0.1) is 11.6 Å². The number of phenols is 1. The van der Waals surface area contributed by atoms with Crippen LogP contribution in [0.15, 0.2) is 54.7 Å². The van der Waals surface area contributed by atoms with Crippen molar-refractivity contribution >= 4 is 34.9 Å². The van der Waals surface area contributed by atoms with E-state index < -0.39 is 29.2 Å². The van der Waals surface area contributed by atoms with Gasteiger partial charge in [0.15, 0.2) is 0 Å². The second-order valence-corrected chi connectivity index (χ2v) is 6.06. The second-order valence-electron chi connectivity index (χ2n) is 5.62. The molecule has 28 heavy (non-hydrogen) atoms. The lowest BCUT2D eigenvalue weighted by molar-refractivity contribution is 0.102. The normalized spacial score (nSPS) is 10.4. The molecule has 1 aromatic heterocycles. The monoisotopic (exact) mass is 403 g/mol. The lowest BCUT2D eigenvalue weighted by atomic mass is 10.1. The fourth-order valence-electron chi connectivity index (χ4n) is 2.33. The average Bonchev–Trinajstić information content (AvgIpc) is 2.65. The third-order valence-corrected chi connectivity index (χ3v) is 3.87. The van der Waals surface area contributed by atoms with Crippen molar-refractivity contribution in [2.24, 2.45) is 0 Å². The van der Waals surface area contributed by atoms with Crippen LogP contribution in [0.3, 0.4) is 0 Å². The summed E-state index contributed by atoms with van der Waals surface area (Å²) in [6.45, 7) is 0. The first kappa shape index (κ1) is 19.2. The Kier molecular flexibility index (Phi) is 5.51. The molecule has 2 aromatic carbocycles. The Morgan fingerprint density at radius 1 is 0.893 bits per heavy atom. The summed E-state index contributed by atoms with van der Waals surface area (Å²) in [5.41, 5.74) is -0.398. The van der Waals surface area contributed by atoms with Crippen molar-refractivity contribution in [2.45, 2.75) is 0 Å². The van der Waals surface area contributed by atoms with Crippen molar-refractivity contribution in [3.63, 3.8) is 0 Å². The SMILES string of the molecule is O=C(Nc1ccc(F)cc1C(=O)Nc1ccc(Cl)cn1)c1ccc(F)cc1O. The van der Waals surface area contributed by atoms with E-state index in [9.17, 15) is 23.5 Å². The molecular weight excluding hydrogens is 392 g/mol. The van der Waals surface area contributed by atoms with Crippen LogP contribution in [-0.4, -0.2) is 21.9 Å². The lowest BCUT2D eigenvalue weighted by Crippen LogP contribution is -2.19. The Balaban J connectivity index is 1.86. The number of nitrogens with one attached hydrogen (secondary N) is 2. The van der Waals surface area contributed by atoms with E-state index in [-0.39, 0.29) is 22.6 Å². The molecule has 0 saturated heterocycles. The standard InChI is InChI=1S/C19H12ClF2N3O3/c20-10-1-6-17(23-9-10)25-19(28)14-7-11(21)3-5-15(14)24-18(27)13-4-2-12(22)8-16(13)26/h1-9,26H,(H,24,27)(H,23,25,28). The van der Waals surface area contributed by atoms with Gasteiger partial charge in [0.2, 0.25) is 0 Å². The molecular formula is C19H12ClF2N3O3. The van der Waals surface area contributed by atoms with E-state index in [1.807, 2.05) is 0 Å². The molecule has 0 saturated carbocycles. The highest BCUT2D eigenvalue weighted by Gasteiger charge is 2.18. The first-order valence-corrected chi connectivity index (χ1v) is 8.23. The van der Waals surface area contributed by atoms with Gasteiger partial charge in [0.05, 0.1) is 21.8 Å². The summed E-state index contributed by atoms with van der Waals surface area (Å²) in [5, 5.41) is 15.0. The fourth-order valence-corrected chi connectivity index (χ4v) is 2.44. The molecule has 0 atom stereocenters. The highest BCUT2D eigenvalue weighted by Crippen LogP contribution is 2.23. The summed E-state index contributed by atoms with van der Waals surface area (Å²) in [5.74, 6) is -3.35. The topological polar surface area (TPSA) is 91.3 Å². The van der Waals surface area contributed by atoms with Crippen LogP contribution in [-0.2, 0) is 0 Å². The number of rotatable bonds is 4. The number of halogens is 3. The van der Waals surface area contributed by atoms with Crippen molar-refractivity contribution in [3.8, 4) is 5.75 Å². The minimum absolute atomic E-state index is 0.0124. The quantitative estimate of drug-likeness (QED) is 0.608. The van der Waals surface area contributed by atoms with E-state index in [0.29, 0.717) is 5.02 Å². The van der Waals surface area contributed by atoms with Gasteiger partial charge in [-0.3, -0.25) is 9.59 Å². The van der Waals surface area contributed by atoms with Crippen molar-refractivity contribution in [1.29, 1.82) is 0 Å². The number of hydrogen-bond donors (Lipinski definition) is 3. The second kappa shape index (κ2) is 8.01. The Labute approximate surface area is 162 Å². The van der Waals surface area contributed by atoms with Gasteiger partial charge in [-0.1, -0.05) is 11.6 Å². The van der Waals surface area contributed by atoms with Gasteiger partial charge < -0.3 is 15.7 Å². The van der Waals surface area contributed by atoms with Gasteiger partial charge in [0, 0.05) is 12.3 Å². The molecule has 0 aliphatic rings. The Morgan fingerprint density at radius 2 is 1.57 bits per heavy atom. The maximum Gasteiger partial charge on any atom is 0.259 e. The number of amides is 2. The van der Waals surface area contributed by atoms with Crippen LogP contribution < -0.4 is 10.6 Å². The highest BCUT2D eigenvalue weighted by atomic mass is 35.5. The summed E-state index contributed by atoms with van der Waals surface area (Å²) in [6, 6.07) is 9.00. The number of phenolic OH excluding ortho intramolecular Hbond substituents is 1. The summed E-state index contributed by atoms with van der Waals surface area (Å²) in [7, 11) is 0. The van der Waals surface area contributed by atoms with Crippen molar-refractivity contribution in [3.05, 3.63) is 82.5 Å². The van der Waals surface area contributed by atoms with E-state index >= 15 is 0 Å². The zero-order chi connectivity index (χ0) is 20.3. The van der Waals surface area contributed by atoms with Gasteiger partial charge in [-0.2, -0.15) is 0 Å². The zero-order valence-electron chi connectivity index (χ0n) is 14.0. The third-order valence-electron chi connectivity index (χ3n) is 3.65. The molecule has 9 heteroatoms. The summed E-state index contributed by atoms with van der Waals surface area (Å²) >= 11 is 5.73. The van der Waals surface area contributed by atoms with Gasteiger partial charge in [-0.15, -0.1) is 0 Å². The first-order chi connectivity index (χ1) is 13.3. The zero-order valence-corrected chi connectivity index (χ0v) is 14.8. The number of benzene rings is 2. The molecule has 142 valence electrons. The van der Waals surface area contributed by atoms with Gasteiger partial charge in [-0.25, -0.2) is 13.8 Å². The van der Waals surface area contributed by atoms with E-state index in [1.165, 1.54) is 24.4 Å². The molecule has 0 aliphatic heterocycles. The minimum atomic E-state index is -0.803. The number of carbonyl (C=O) groups excluding carboxylic acids is 2. The van der Waals surface area contributed by atoms with Crippen LogP contribution >= 0.6 is 11.6 Å². The van der Waals surface area contributed by atoms with Gasteiger partial charge in [0.25, 0.3) is 11.8 Å². The predicted molar refractivity (Wildman–Crippen MR) is 99.6 cm³/mol. The molecule has 3 aromatic rings. The molecule has 0 bridgehead atoms. The van der Waals surface area contributed by atoms with Crippen molar-refractivity contribution in [2.75, 3.05) is 10.6 Å². The lowest BCUT2D eigenvalue weighted by Gasteiger charge is -2.12. The van der Waals surface area contributed by atoms with Crippen LogP contribution in [0.25, 0.3) is 0 Å². The third kappa shape index (κ3) is 4.41. The molecule has 6 nitrogen and oxygen atoms in total. The molecule has 0 unspecified atom stereocenters. The number of aromatic hydroxyl groups is 1. The molecule has 3 N–H and O–H groups in total. The molecule has 1 heterocycles. The maximum atomic E-state index is 13.7. The highest BCUT2D eigenvalue weighted by molar-refractivity contribution is 6.30. The van der Waals surface area contributed by atoms with Gasteiger partial charge >= 0.3 is 0 Å². The van der Waals surface area contributed by atoms with Crippen LogP contribution in [0.4, 0.5) is 20.3 Å². The molecule has 0 aliphatic carbocycles. The largest absolute Gasteiger partial charge is 0.507 e. The van der Waals surface area contributed by atoms with E-state index in [0.717, 1.165) is 30.3 Å². The number of hydrogen-bond acceptors (Lipinski definition) is 4. The maximum absolute atomic E-state index is 13.7. The van der Waals surface area contributed by atoms with E-state index in [4.69, 9.17) is 11.6 Å². The number of nitrogens with zero attached hydrogens (tertiary/aromatic N) is 1. The Hall–Kier alpha value is -3.52. The molecule has 3 rings (SSSR count). The Morgan fingerprint density at radius 3 is 2.25 bits per heavy atom. The van der Waals surface area contributed by atoms with Gasteiger partial charge in [0.1, 0.15) is 23.2 Å². The first-order valence-electron chi connectivity index (χ1n) is 7.86. The smallest absolute Gasteiger partial charge is 0.259 e. The van der Waals surface area contributed by atoms with E-state index in [1.54, 1.807) is 0 Å². The number of aromatic nitrogens is 1. The van der Waals surface area contributed by atoms with Crippen LogP contribution in [0.2, 0.25) is 5.02 Å². The summed E-state index contributed by atoms with van der Waals surface area (Å²) < 4.78 is 26.7. The molecule has 2 amide bonds. The van der Waals surface area contributed by atoms with E-state index in [2.05, 4.69) is 15.6 Å². The van der Waals surface area contributed by atoms with Crippen LogP contribution in [0.5, 0.6) is 5.75 Å². The molecule has 0 spiro atoms. The van der Waals surface area contributed by atoms with Crippen LogP contribution in [0.1, 0.15) is 20.7 Å². The minimum Gasteiger partial charge on any atom is -0.507 e. The van der Waals surface area contributed by atoms with Crippen molar-refractivity contribution in [1.82, 2.24) is 4.98 Å². The number of carbonyl (C=O) groups is 2. The molecule has 0 fully saturated rings.